The number of rotatable bonds is 2. The predicted octanol–water partition coefficient (Wildman–Crippen LogP) is 4.68. The molecule has 0 atom stereocenters. The second kappa shape index (κ2) is 7.52. The van der Waals surface area contributed by atoms with Crippen LogP contribution in [-0.4, -0.2) is 6.10 Å². The maximum absolute atomic E-state index is 12.5. The molecule has 0 bridgehead atoms. The Bertz CT molecular complexity index is 287. The van der Waals surface area contributed by atoms with Gasteiger partial charge in [0.25, 0.3) is 0 Å². The minimum absolute atomic E-state index is 0.0490. The number of hydrogen-bond donors (Lipinski definition) is 0. The van der Waals surface area contributed by atoms with Crippen LogP contribution in [0.4, 0.5) is 4.39 Å². The van der Waals surface area contributed by atoms with Crippen LogP contribution < -0.4 is 4.74 Å². The first-order valence-corrected chi connectivity index (χ1v) is 5.50. The number of benzene rings is 1. The van der Waals surface area contributed by atoms with Crippen LogP contribution in [0.3, 0.4) is 0 Å². The molecule has 1 aromatic carbocycles. The molecule has 0 heterocycles. The molecule has 0 saturated heterocycles. The number of hydrogen-bond acceptors (Lipinski definition) is 1. The van der Waals surface area contributed by atoms with Gasteiger partial charge in [-0.2, -0.15) is 0 Å². The Morgan fingerprint density at radius 1 is 1.33 bits per heavy atom. The van der Waals surface area contributed by atoms with Crippen molar-refractivity contribution in [3.8, 4) is 5.75 Å². The molecule has 0 fully saturated rings. The van der Waals surface area contributed by atoms with Crippen LogP contribution in [-0.2, 0) is 0 Å². The van der Waals surface area contributed by atoms with E-state index in [1.807, 2.05) is 13.8 Å². The zero-order valence-electron chi connectivity index (χ0n) is 9.68. The van der Waals surface area contributed by atoms with Crippen LogP contribution >= 0.6 is 11.6 Å². The SMILES string of the molecule is CC(C)Oc1ccc(F)cc1Cl.CCC. The normalized spacial score (nSPS) is 9.53. The van der Waals surface area contributed by atoms with Gasteiger partial charge in [0.1, 0.15) is 11.6 Å². The number of ether oxygens (including phenoxy) is 1. The fraction of sp³-hybridized carbons (Fsp3) is 0.500. The van der Waals surface area contributed by atoms with Gasteiger partial charge in [-0.1, -0.05) is 31.9 Å². The van der Waals surface area contributed by atoms with Gasteiger partial charge in [0.2, 0.25) is 0 Å². The van der Waals surface area contributed by atoms with Crippen LogP contribution in [0.1, 0.15) is 34.1 Å². The van der Waals surface area contributed by atoms with Crippen molar-refractivity contribution in [3.63, 3.8) is 0 Å². The molecule has 1 aromatic rings. The van der Waals surface area contributed by atoms with E-state index >= 15 is 0 Å². The molecule has 0 aliphatic carbocycles. The van der Waals surface area contributed by atoms with Crippen molar-refractivity contribution in [2.24, 2.45) is 0 Å². The molecule has 0 unspecified atom stereocenters. The van der Waals surface area contributed by atoms with Crippen LogP contribution in [0.2, 0.25) is 5.02 Å². The average Bonchev–Trinajstić information content (AvgIpc) is 2.11. The van der Waals surface area contributed by atoms with Crippen molar-refractivity contribution in [1.82, 2.24) is 0 Å². The fourth-order valence-electron chi connectivity index (χ4n) is 0.825. The van der Waals surface area contributed by atoms with E-state index in [-0.39, 0.29) is 11.9 Å². The van der Waals surface area contributed by atoms with Gasteiger partial charge in [-0.15, -0.1) is 0 Å². The third-order valence-electron chi connectivity index (χ3n) is 1.26. The molecule has 0 aliphatic rings. The molecule has 1 nitrogen and oxygen atoms in total. The lowest BCUT2D eigenvalue weighted by molar-refractivity contribution is 0.242. The third-order valence-corrected chi connectivity index (χ3v) is 1.55. The Labute approximate surface area is 96.2 Å². The molecule has 1 rings (SSSR count). The molecular weight excluding hydrogens is 215 g/mol. The zero-order chi connectivity index (χ0) is 11.8. The molecule has 0 spiro atoms. The third kappa shape index (κ3) is 6.34. The average molecular weight is 233 g/mol. The highest BCUT2D eigenvalue weighted by atomic mass is 35.5. The smallest absolute Gasteiger partial charge is 0.138 e. The molecule has 3 heteroatoms. The summed E-state index contributed by atoms with van der Waals surface area (Å²) >= 11 is 5.71. The van der Waals surface area contributed by atoms with E-state index in [2.05, 4.69) is 13.8 Å². The lowest BCUT2D eigenvalue weighted by Crippen LogP contribution is -2.05. The van der Waals surface area contributed by atoms with Crippen molar-refractivity contribution in [3.05, 3.63) is 29.0 Å². The van der Waals surface area contributed by atoms with Crippen molar-refractivity contribution in [2.45, 2.75) is 40.2 Å². The Kier molecular flexibility index (Phi) is 7.14. The quantitative estimate of drug-likeness (QED) is 0.719. The van der Waals surface area contributed by atoms with Gasteiger partial charge < -0.3 is 4.74 Å². The van der Waals surface area contributed by atoms with E-state index in [0.717, 1.165) is 0 Å². The van der Waals surface area contributed by atoms with Gasteiger partial charge in [0, 0.05) is 0 Å². The minimum atomic E-state index is -0.351. The second-order valence-electron chi connectivity index (χ2n) is 3.45. The Morgan fingerprint density at radius 3 is 2.27 bits per heavy atom. The van der Waals surface area contributed by atoms with E-state index in [0.29, 0.717) is 10.8 Å². The summed E-state index contributed by atoms with van der Waals surface area (Å²) in [6.45, 7) is 8.03. The van der Waals surface area contributed by atoms with Crippen LogP contribution in [0.25, 0.3) is 0 Å². The first kappa shape index (κ1) is 14.2. The molecule has 0 N–H and O–H groups in total. The summed E-state index contributed by atoms with van der Waals surface area (Å²) in [5, 5.41) is 0.309. The van der Waals surface area contributed by atoms with Gasteiger partial charge >= 0.3 is 0 Å². The van der Waals surface area contributed by atoms with Crippen molar-refractivity contribution < 1.29 is 9.13 Å². The van der Waals surface area contributed by atoms with Crippen LogP contribution in [0.15, 0.2) is 18.2 Å². The minimum Gasteiger partial charge on any atom is -0.489 e. The van der Waals surface area contributed by atoms with Gasteiger partial charge in [0.05, 0.1) is 11.1 Å². The van der Waals surface area contributed by atoms with Gasteiger partial charge in [-0.05, 0) is 32.0 Å². The number of halogens is 2. The maximum atomic E-state index is 12.5. The van der Waals surface area contributed by atoms with Crippen molar-refractivity contribution >= 4 is 11.6 Å². The van der Waals surface area contributed by atoms with Gasteiger partial charge in [-0.3, -0.25) is 0 Å². The summed E-state index contributed by atoms with van der Waals surface area (Å²) in [6, 6.07) is 4.08. The van der Waals surface area contributed by atoms with E-state index in [9.17, 15) is 4.39 Å². The zero-order valence-corrected chi connectivity index (χ0v) is 10.4. The monoisotopic (exact) mass is 232 g/mol. The van der Waals surface area contributed by atoms with E-state index in [4.69, 9.17) is 16.3 Å². The van der Waals surface area contributed by atoms with Crippen LogP contribution in [0.5, 0.6) is 5.75 Å². The predicted molar refractivity (Wildman–Crippen MR) is 63.1 cm³/mol. The fourth-order valence-corrected chi connectivity index (χ4v) is 1.04. The summed E-state index contributed by atoms with van der Waals surface area (Å²) in [4.78, 5) is 0. The maximum Gasteiger partial charge on any atom is 0.138 e. The van der Waals surface area contributed by atoms with Crippen LogP contribution in [0, 0.1) is 5.82 Å². The molecule has 0 saturated carbocycles. The largest absolute Gasteiger partial charge is 0.489 e. The van der Waals surface area contributed by atoms with Crippen molar-refractivity contribution in [2.75, 3.05) is 0 Å². The summed E-state index contributed by atoms with van der Waals surface area (Å²) in [5.74, 6) is 0.171. The summed E-state index contributed by atoms with van der Waals surface area (Å²) in [7, 11) is 0. The molecule has 0 amide bonds. The van der Waals surface area contributed by atoms with E-state index in [1.54, 1.807) is 0 Å². The molecule has 0 radical (unpaired) electrons. The molecular formula is C12H18ClFO. The van der Waals surface area contributed by atoms with E-state index in [1.165, 1.54) is 24.6 Å². The first-order valence-electron chi connectivity index (χ1n) is 5.12. The molecule has 15 heavy (non-hydrogen) atoms. The first-order chi connectivity index (χ1) is 7.01. The highest BCUT2D eigenvalue weighted by Gasteiger charge is 2.03. The Morgan fingerprint density at radius 2 is 1.87 bits per heavy atom. The molecule has 0 aromatic heterocycles. The van der Waals surface area contributed by atoms with Gasteiger partial charge in [0.15, 0.2) is 0 Å². The van der Waals surface area contributed by atoms with E-state index < -0.39 is 0 Å². The highest BCUT2D eigenvalue weighted by Crippen LogP contribution is 2.25. The summed E-state index contributed by atoms with van der Waals surface area (Å²) in [6.07, 6.45) is 1.30. The Hall–Kier alpha value is -0.760. The lowest BCUT2D eigenvalue weighted by atomic mass is 10.3. The van der Waals surface area contributed by atoms with Gasteiger partial charge in [-0.25, -0.2) is 4.39 Å². The molecule has 0 aliphatic heterocycles. The standard InChI is InChI=1S/C9H10ClFO.C3H8/c1-6(2)12-9-4-3-7(11)5-8(9)10;1-3-2/h3-6H,1-2H3;3H2,1-2H3. The highest BCUT2D eigenvalue weighted by molar-refractivity contribution is 6.32. The summed E-state index contributed by atoms with van der Waals surface area (Å²) in [5.41, 5.74) is 0. The summed E-state index contributed by atoms with van der Waals surface area (Å²) < 4.78 is 17.8. The Balaban J connectivity index is 0.000000583. The topological polar surface area (TPSA) is 9.23 Å². The van der Waals surface area contributed by atoms with Crippen molar-refractivity contribution in [1.29, 1.82) is 0 Å². The molecule has 86 valence electrons. The lowest BCUT2D eigenvalue weighted by Gasteiger charge is -2.10. The second-order valence-corrected chi connectivity index (χ2v) is 3.86.